The van der Waals surface area contributed by atoms with Gasteiger partial charge in [-0.3, -0.25) is 19.6 Å². The van der Waals surface area contributed by atoms with E-state index in [1.807, 2.05) is 60.7 Å². The number of rotatable bonds is 9. The smallest absolute Gasteiger partial charge is 0.164 e. The van der Waals surface area contributed by atoms with E-state index in [1.54, 1.807) is 0 Å². The maximum Gasteiger partial charge on any atom is 0.164 e. The summed E-state index contributed by atoms with van der Waals surface area (Å²) >= 11 is 0. The molecular weight excluding hydrogens is 380 g/mol. The fraction of sp³-hybridized carbons (Fsp3) is 0.167. The highest BCUT2D eigenvalue weighted by Crippen LogP contribution is 2.35. The number of hydrogen-bond acceptors (Lipinski definition) is 6. The topological polar surface area (TPSA) is 99.3 Å². The summed E-state index contributed by atoms with van der Waals surface area (Å²) in [5.41, 5.74) is 1.79. The maximum absolute atomic E-state index is 11.7. The van der Waals surface area contributed by atoms with E-state index in [0.29, 0.717) is 0 Å². The molecule has 0 bridgehead atoms. The van der Waals surface area contributed by atoms with Crippen LogP contribution in [0.3, 0.4) is 0 Å². The highest BCUT2D eigenvalue weighted by molar-refractivity contribution is 6.12. The van der Waals surface area contributed by atoms with E-state index in [-0.39, 0.29) is 22.7 Å². The molecule has 0 fully saturated rings. The molecule has 154 valence electrons. The lowest BCUT2D eigenvalue weighted by Crippen LogP contribution is -2.11. The van der Waals surface area contributed by atoms with E-state index in [1.165, 1.54) is 26.3 Å². The Morgan fingerprint density at radius 3 is 1.30 bits per heavy atom. The Balaban J connectivity index is 2.60. The predicted octanol–water partition coefficient (Wildman–Crippen LogP) is 4.67. The Hall–Kier alpha value is -3.80. The lowest BCUT2D eigenvalue weighted by Gasteiger charge is -2.22. The van der Waals surface area contributed by atoms with E-state index < -0.39 is 12.1 Å². The number of hydrogen-bond donors (Lipinski definition) is 2. The summed E-state index contributed by atoms with van der Waals surface area (Å²) in [7, 11) is 0. The number of Topliss-reactive ketones (excluding diaryl/α,β-unsaturated/α-hetero) is 2. The van der Waals surface area contributed by atoms with Crippen LogP contribution in [0.15, 0.2) is 94.3 Å². The summed E-state index contributed by atoms with van der Waals surface area (Å²) in [6, 6.07) is 17.7. The van der Waals surface area contributed by atoms with Gasteiger partial charge in [0, 0.05) is 12.4 Å². The summed E-state index contributed by atoms with van der Waals surface area (Å²) in [6.07, 6.45) is 4.08. The third-order valence-corrected chi connectivity index (χ3v) is 4.42. The second kappa shape index (κ2) is 11.3. The summed E-state index contributed by atoms with van der Waals surface area (Å²) in [5.74, 6) is -0.648. The van der Waals surface area contributed by atoms with Crippen LogP contribution in [0.5, 0.6) is 0 Å². The van der Waals surface area contributed by atoms with E-state index in [2.05, 4.69) is 9.98 Å². The number of allylic oxidation sites excluding steroid dienone is 2. The molecule has 30 heavy (non-hydrogen) atoms. The predicted molar refractivity (Wildman–Crippen MR) is 118 cm³/mol. The van der Waals surface area contributed by atoms with Gasteiger partial charge in [-0.15, -0.1) is 0 Å². The standard InChI is InChI=1S/C24H24N2O4/c1-17(29)21(15-27)13-25-23(19-9-5-3-6-10-19)24(20-11-7-4-8-12-20)26-14-22(16-28)18(2)30/h3-16,23-24,27-28H,1-2H3/b21-15-,22-16+,25-13?,26-14?/t23-,24-/m0/s1. The van der Waals surface area contributed by atoms with Crippen molar-refractivity contribution < 1.29 is 19.8 Å². The van der Waals surface area contributed by atoms with E-state index in [9.17, 15) is 19.8 Å². The largest absolute Gasteiger partial charge is 0.515 e. The van der Waals surface area contributed by atoms with Crippen LogP contribution >= 0.6 is 0 Å². The third kappa shape index (κ3) is 6.10. The Bertz CT molecular complexity index is 895. The molecule has 2 aromatic rings. The molecule has 0 saturated carbocycles. The molecular formula is C24H24N2O4. The number of aliphatic hydroxyl groups is 2. The summed E-state index contributed by atoms with van der Waals surface area (Å²) in [4.78, 5) is 32.5. The van der Waals surface area contributed by atoms with Crippen LogP contribution in [-0.2, 0) is 9.59 Å². The molecule has 6 heteroatoms. The van der Waals surface area contributed by atoms with Crippen molar-refractivity contribution in [3.63, 3.8) is 0 Å². The van der Waals surface area contributed by atoms with Crippen molar-refractivity contribution in [1.29, 1.82) is 0 Å². The molecule has 0 spiro atoms. The van der Waals surface area contributed by atoms with Crippen molar-refractivity contribution in [1.82, 2.24) is 0 Å². The van der Waals surface area contributed by atoms with E-state index in [4.69, 9.17) is 0 Å². The van der Waals surface area contributed by atoms with Crippen LogP contribution in [0.4, 0.5) is 0 Å². The number of aliphatic imine (C=N–C) groups is 2. The molecule has 2 rings (SSSR count). The molecule has 0 heterocycles. The second-order valence-electron chi connectivity index (χ2n) is 6.55. The van der Waals surface area contributed by atoms with Gasteiger partial charge < -0.3 is 10.2 Å². The molecule has 0 unspecified atom stereocenters. The molecule has 2 aromatic carbocycles. The zero-order valence-electron chi connectivity index (χ0n) is 16.8. The first-order valence-corrected chi connectivity index (χ1v) is 9.34. The molecule has 0 aromatic heterocycles. The number of aliphatic hydroxyl groups excluding tert-OH is 2. The van der Waals surface area contributed by atoms with Gasteiger partial charge in [0.25, 0.3) is 0 Å². The van der Waals surface area contributed by atoms with Crippen molar-refractivity contribution in [3.05, 3.63) is 95.5 Å². The highest BCUT2D eigenvalue weighted by Gasteiger charge is 2.23. The van der Waals surface area contributed by atoms with Gasteiger partial charge in [-0.2, -0.15) is 0 Å². The number of carbonyl (C=O) groups excluding carboxylic acids is 2. The summed E-state index contributed by atoms with van der Waals surface area (Å²) < 4.78 is 0. The average molecular weight is 404 g/mol. The molecule has 0 amide bonds. The van der Waals surface area contributed by atoms with Crippen LogP contribution < -0.4 is 0 Å². The van der Waals surface area contributed by atoms with Crippen LogP contribution in [-0.4, -0.2) is 34.2 Å². The average Bonchev–Trinajstić information content (AvgIpc) is 2.76. The fourth-order valence-electron chi connectivity index (χ4n) is 2.75. The molecule has 2 N–H and O–H groups in total. The van der Waals surface area contributed by atoms with Crippen molar-refractivity contribution in [2.45, 2.75) is 25.9 Å². The van der Waals surface area contributed by atoms with Crippen molar-refractivity contribution in [3.8, 4) is 0 Å². The minimum absolute atomic E-state index is 0.0615. The molecule has 2 atom stereocenters. The monoisotopic (exact) mass is 404 g/mol. The molecule has 0 radical (unpaired) electrons. The lowest BCUT2D eigenvalue weighted by molar-refractivity contribution is -0.114. The minimum atomic E-state index is -0.550. The summed E-state index contributed by atoms with van der Waals surface area (Å²) in [6.45, 7) is 2.67. The van der Waals surface area contributed by atoms with Crippen LogP contribution in [0.1, 0.15) is 37.1 Å². The molecule has 0 aliphatic rings. The lowest BCUT2D eigenvalue weighted by atomic mass is 9.94. The summed E-state index contributed by atoms with van der Waals surface area (Å²) in [5, 5.41) is 18.7. The normalized spacial score (nSPS) is 14.7. The Morgan fingerprint density at radius 2 is 1.03 bits per heavy atom. The van der Waals surface area contributed by atoms with E-state index in [0.717, 1.165) is 23.7 Å². The SMILES string of the molecule is CC(=O)/C(C=N[C@@H](c1ccccc1)[C@@H](N=C/C(=C\O)C(C)=O)c1ccccc1)=C\O. The number of nitrogens with zero attached hydrogens (tertiary/aromatic N) is 2. The second-order valence-corrected chi connectivity index (χ2v) is 6.55. The Kier molecular flexibility index (Phi) is 8.44. The van der Waals surface area contributed by atoms with Gasteiger partial charge in [0.15, 0.2) is 11.6 Å². The quantitative estimate of drug-likeness (QED) is 0.360. The molecule has 0 aliphatic carbocycles. The van der Waals surface area contributed by atoms with Crippen LogP contribution in [0.2, 0.25) is 0 Å². The maximum atomic E-state index is 11.7. The highest BCUT2D eigenvalue weighted by atomic mass is 16.2. The molecule has 0 aliphatic heterocycles. The van der Waals surface area contributed by atoms with Gasteiger partial charge in [0.1, 0.15) is 12.1 Å². The first-order chi connectivity index (χ1) is 14.5. The van der Waals surface area contributed by atoms with Crippen molar-refractivity contribution in [2.75, 3.05) is 0 Å². The first kappa shape index (κ1) is 22.5. The van der Waals surface area contributed by atoms with Gasteiger partial charge >= 0.3 is 0 Å². The molecule has 0 saturated heterocycles. The van der Waals surface area contributed by atoms with E-state index >= 15 is 0 Å². The van der Waals surface area contributed by atoms with Crippen molar-refractivity contribution >= 4 is 24.0 Å². The third-order valence-electron chi connectivity index (χ3n) is 4.42. The van der Waals surface area contributed by atoms with Gasteiger partial charge in [0.05, 0.1) is 23.7 Å². The zero-order chi connectivity index (χ0) is 21.9. The van der Waals surface area contributed by atoms with Gasteiger partial charge in [-0.05, 0) is 25.0 Å². The van der Waals surface area contributed by atoms with Crippen LogP contribution in [0.25, 0.3) is 0 Å². The number of carbonyl (C=O) groups is 2. The van der Waals surface area contributed by atoms with Crippen LogP contribution in [0, 0.1) is 0 Å². The fourth-order valence-corrected chi connectivity index (χ4v) is 2.75. The molecule has 6 nitrogen and oxygen atoms in total. The minimum Gasteiger partial charge on any atom is -0.515 e. The Labute approximate surface area is 175 Å². The van der Waals surface area contributed by atoms with Crippen molar-refractivity contribution in [2.24, 2.45) is 9.98 Å². The number of ketones is 2. The first-order valence-electron chi connectivity index (χ1n) is 9.34. The Morgan fingerprint density at radius 1 is 0.700 bits per heavy atom. The zero-order valence-corrected chi connectivity index (χ0v) is 16.8. The van der Waals surface area contributed by atoms with Gasteiger partial charge in [0.2, 0.25) is 0 Å². The van der Waals surface area contributed by atoms with Gasteiger partial charge in [-0.1, -0.05) is 60.7 Å². The number of benzene rings is 2. The van der Waals surface area contributed by atoms with Gasteiger partial charge in [-0.25, -0.2) is 0 Å².